The van der Waals surface area contributed by atoms with Gasteiger partial charge in [-0.2, -0.15) is 0 Å². The van der Waals surface area contributed by atoms with Gasteiger partial charge in [-0.1, -0.05) is 91.9 Å². The van der Waals surface area contributed by atoms with E-state index in [0.29, 0.717) is 6.42 Å². The highest BCUT2D eigenvalue weighted by Crippen LogP contribution is 2.42. The number of hydrogen-bond acceptors (Lipinski definition) is 2. The predicted molar refractivity (Wildman–Crippen MR) is 112 cm³/mol. The van der Waals surface area contributed by atoms with Gasteiger partial charge in [-0.3, -0.25) is 4.79 Å². The fourth-order valence-corrected chi connectivity index (χ4v) is 4.17. The number of benzene rings is 3. The van der Waals surface area contributed by atoms with Crippen molar-refractivity contribution in [2.45, 2.75) is 25.4 Å². The van der Waals surface area contributed by atoms with Gasteiger partial charge in [-0.05, 0) is 22.3 Å². The lowest BCUT2D eigenvalue weighted by molar-refractivity contribution is -0.188. The molecule has 3 aromatic rings. The lowest BCUT2D eigenvalue weighted by Crippen LogP contribution is -2.74. The van der Waals surface area contributed by atoms with Crippen LogP contribution in [-0.2, 0) is 22.6 Å². The number of aliphatic carboxylic acids is 1. The van der Waals surface area contributed by atoms with Crippen LogP contribution in [0, 0.1) is 5.92 Å². The van der Waals surface area contributed by atoms with E-state index in [-0.39, 0.29) is 12.5 Å². The third-order valence-electron chi connectivity index (χ3n) is 5.92. The van der Waals surface area contributed by atoms with E-state index in [9.17, 15) is 14.7 Å². The van der Waals surface area contributed by atoms with Crippen LogP contribution in [0.5, 0.6) is 0 Å². The van der Waals surface area contributed by atoms with Crippen LogP contribution in [0.25, 0.3) is 11.1 Å². The van der Waals surface area contributed by atoms with E-state index >= 15 is 0 Å². The van der Waals surface area contributed by atoms with Crippen molar-refractivity contribution in [3.05, 3.63) is 96.1 Å². The molecule has 0 unspecified atom stereocenters. The predicted octanol–water partition coefficient (Wildman–Crippen LogP) is 4.40. The molecule has 1 saturated heterocycles. The summed E-state index contributed by atoms with van der Waals surface area (Å²) in [6.45, 7) is 2.01. The molecule has 4 rings (SSSR count). The van der Waals surface area contributed by atoms with Gasteiger partial charge in [0.1, 0.15) is 0 Å². The molecular formula is C25H23NO3. The molecule has 0 saturated carbocycles. The van der Waals surface area contributed by atoms with Crippen LogP contribution in [0.15, 0.2) is 84.9 Å². The number of nitrogens with zero attached hydrogens (tertiary/aromatic N) is 1. The van der Waals surface area contributed by atoms with Crippen LogP contribution in [0.2, 0.25) is 0 Å². The standard InChI is InChI=1S/C25H23NO3/c1-18-23(27)26(25(18,24(28)29)16-19-8-4-2-5-9-19)17-20-12-14-22(15-13-20)21-10-6-3-7-11-21/h2-15,18H,16-17H2,1H3,(H,28,29)/t18-,25+/m1/s1. The van der Waals surface area contributed by atoms with Gasteiger partial charge in [-0.15, -0.1) is 0 Å². The molecule has 0 radical (unpaired) electrons. The molecule has 0 aliphatic carbocycles. The molecule has 4 heteroatoms. The molecule has 4 nitrogen and oxygen atoms in total. The zero-order valence-corrected chi connectivity index (χ0v) is 16.3. The van der Waals surface area contributed by atoms with Gasteiger partial charge in [0.25, 0.3) is 0 Å². The summed E-state index contributed by atoms with van der Waals surface area (Å²) in [4.78, 5) is 26.5. The average molecular weight is 385 g/mol. The normalized spacial score (nSPS) is 20.9. The molecule has 0 spiro atoms. The second-order valence-corrected chi connectivity index (χ2v) is 7.60. The number of β-lactam (4-membered cyclic amide) rings is 1. The number of carbonyl (C=O) groups excluding carboxylic acids is 1. The smallest absolute Gasteiger partial charge is 0.330 e. The largest absolute Gasteiger partial charge is 0.479 e. The van der Waals surface area contributed by atoms with Crippen molar-refractivity contribution in [2.24, 2.45) is 5.92 Å². The summed E-state index contributed by atoms with van der Waals surface area (Å²) in [5.74, 6) is -1.62. The maximum atomic E-state index is 12.6. The first kappa shape index (κ1) is 18.9. The van der Waals surface area contributed by atoms with Gasteiger partial charge in [0.05, 0.1) is 5.92 Å². The number of likely N-dealkylation sites (tertiary alicyclic amines) is 1. The molecule has 1 fully saturated rings. The Morgan fingerprint density at radius 2 is 1.41 bits per heavy atom. The number of amides is 1. The highest BCUT2D eigenvalue weighted by Gasteiger charge is 2.62. The van der Waals surface area contributed by atoms with Gasteiger partial charge < -0.3 is 10.0 Å². The summed E-state index contributed by atoms with van der Waals surface area (Å²) < 4.78 is 0. The van der Waals surface area contributed by atoms with Gasteiger partial charge in [0, 0.05) is 13.0 Å². The Labute approximate surface area is 170 Å². The van der Waals surface area contributed by atoms with E-state index in [1.54, 1.807) is 6.92 Å². The van der Waals surface area contributed by atoms with Gasteiger partial charge in [0.2, 0.25) is 5.91 Å². The quantitative estimate of drug-likeness (QED) is 0.640. The molecule has 29 heavy (non-hydrogen) atoms. The van der Waals surface area contributed by atoms with Crippen LogP contribution in [0.4, 0.5) is 0 Å². The first-order valence-electron chi connectivity index (χ1n) is 9.75. The summed E-state index contributed by atoms with van der Waals surface area (Å²) in [5, 5.41) is 10.1. The summed E-state index contributed by atoms with van der Waals surface area (Å²) in [6.07, 6.45) is 0.304. The Morgan fingerprint density at radius 1 is 0.862 bits per heavy atom. The van der Waals surface area contributed by atoms with Crippen molar-refractivity contribution < 1.29 is 14.7 Å². The lowest BCUT2D eigenvalue weighted by atomic mass is 9.70. The minimum absolute atomic E-state index is 0.115. The number of rotatable bonds is 6. The summed E-state index contributed by atoms with van der Waals surface area (Å²) >= 11 is 0. The molecular weight excluding hydrogens is 362 g/mol. The number of carboxylic acids is 1. The Balaban J connectivity index is 1.59. The summed E-state index contributed by atoms with van der Waals surface area (Å²) in [6, 6.07) is 27.5. The SMILES string of the molecule is C[C@@H]1C(=O)N(Cc2ccc(-c3ccccc3)cc2)[C@]1(Cc1ccccc1)C(=O)O. The van der Waals surface area contributed by atoms with Crippen molar-refractivity contribution in [2.75, 3.05) is 0 Å². The number of hydrogen-bond donors (Lipinski definition) is 1. The molecule has 0 aromatic heterocycles. The average Bonchev–Trinajstić information content (AvgIpc) is 2.77. The lowest BCUT2D eigenvalue weighted by Gasteiger charge is -2.54. The topological polar surface area (TPSA) is 57.6 Å². The Bertz CT molecular complexity index is 1010. The minimum Gasteiger partial charge on any atom is -0.479 e. The van der Waals surface area contributed by atoms with Crippen LogP contribution < -0.4 is 0 Å². The first-order valence-corrected chi connectivity index (χ1v) is 9.75. The van der Waals surface area contributed by atoms with Crippen LogP contribution in [0.1, 0.15) is 18.1 Å². The van der Waals surface area contributed by atoms with Crippen molar-refractivity contribution in [1.82, 2.24) is 4.90 Å². The first-order chi connectivity index (χ1) is 14.0. The molecule has 146 valence electrons. The molecule has 1 aliphatic rings. The van der Waals surface area contributed by atoms with Crippen molar-refractivity contribution in [3.8, 4) is 11.1 Å². The zero-order chi connectivity index (χ0) is 20.4. The van der Waals surface area contributed by atoms with E-state index in [1.807, 2.05) is 84.9 Å². The van der Waals surface area contributed by atoms with E-state index in [0.717, 1.165) is 22.3 Å². The molecule has 0 bridgehead atoms. The third-order valence-corrected chi connectivity index (χ3v) is 5.92. The van der Waals surface area contributed by atoms with E-state index < -0.39 is 17.4 Å². The molecule has 3 aromatic carbocycles. The monoisotopic (exact) mass is 385 g/mol. The summed E-state index contributed by atoms with van der Waals surface area (Å²) in [5.41, 5.74) is 2.83. The van der Waals surface area contributed by atoms with E-state index in [1.165, 1.54) is 4.90 Å². The third kappa shape index (κ3) is 3.31. The van der Waals surface area contributed by atoms with Gasteiger partial charge in [-0.25, -0.2) is 4.79 Å². The van der Waals surface area contributed by atoms with Crippen LogP contribution in [0.3, 0.4) is 0 Å². The Morgan fingerprint density at radius 3 is 2.00 bits per heavy atom. The summed E-state index contributed by atoms with van der Waals surface area (Å²) in [7, 11) is 0. The van der Waals surface area contributed by atoms with Gasteiger partial charge >= 0.3 is 5.97 Å². The second-order valence-electron chi connectivity index (χ2n) is 7.60. The maximum absolute atomic E-state index is 12.6. The van der Waals surface area contributed by atoms with Crippen LogP contribution in [-0.4, -0.2) is 27.4 Å². The van der Waals surface area contributed by atoms with Crippen molar-refractivity contribution >= 4 is 11.9 Å². The van der Waals surface area contributed by atoms with Gasteiger partial charge in [0.15, 0.2) is 5.54 Å². The molecule has 2 atom stereocenters. The van der Waals surface area contributed by atoms with E-state index in [2.05, 4.69) is 0 Å². The Kier molecular flexibility index (Phi) is 4.93. The zero-order valence-electron chi connectivity index (χ0n) is 16.3. The van der Waals surface area contributed by atoms with E-state index in [4.69, 9.17) is 0 Å². The minimum atomic E-state index is -1.21. The second kappa shape index (κ2) is 7.55. The fourth-order valence-electron chi connectivity index (χ4n) is 4.17. The molecule has 1 aliphatic heterocycles. The Hall–Kier alpha value is -3.40. The highest BCUT2D eigenvalue weighted by atomic mass is 16.4. The highest BCUT2D eigenvalue weighted by molar-refractivity contribution is 6.00. The molecule has 1 heterocycles. The molecule has 1 N–H and O–H groups in total. The molecule has 1 amide bonds. The van der Waals surface area contributed by atoms with Crippen LogP contribution >= 0.6 is 0 Å². The maximum Gasteiger partial charge on any atom is 0.330 e. The van der Waals surface area contributed by atoms with Crippen molar-refractivity contribution in [3.63, 3.8) is 0 Å². The number of carboxylic acid groups (broad SMARTS) is 1. The fraction of sp³-hybridized carbons (Fsp3) is 0.200. The van der Waals surface area contributed by atoms with Crippen molar-refractivity contribution in [1.29, 1.82) is 0 Å². The number of carbonyl (C=O) groups is 2.